The fraction of sp³-hybridized carbons (Fsp3) is 0.105. The molecule has 0 amide bonds. The number of hydrogen-bond donors (Lipinski definition) is 0. The molecule has 4 heteroatoms. The van der Waals surface area contributed by atoms with Crippen LogP contribution in [0.3, 0.4) is 0 Å². The van der Waals surface area contributed by atoms with Gasteiger partial charge >= 0.3 is 0 Å². The summed E-state index contributed by atoms with van der Waals surface area (Å²) in [6.45, 7) is 0. The highest BCUT2D eigenvalue weighted by Gasteiger charge is 2.31. The van der Waals surface area contributed by atoms with Crippen LogP contribution in [0.4, 0.5) is 5.69 Å². The molecular formula is C19H15ClN2S. The largest absolute Gasteiger partial charge is 0.256 e. The monoisotopic (exact) mass is 338 g/mol. The second kappa shape index (κ2) is 6.19. The Labute approximate surface area is 144 Å². The van der Waals surface area contributed by atoms with Gasteiger partial charge in [0.15, 0.2) is 0 Å². The minimum absolute atomic E-state index is 0.174. The van der Waals surface area contributed by atoms with Crippen LogP contribution in [0, 0.1) is 0 Å². The molecule has 0 aliphatic carbocycles. The van der Waals surface area contributed by atoms with Crippen molar-refractivity contribution < 1.29 is 0 Å². The molecule has 1 aromatic heterocycles. The lowest BCUT2D eigenvalue weighted by molar-refractivity contribution is 0.709. The summed E-state index contributed by atoms with van der Waals surface area (Å²) in [4.78, 5) is 1.22. The van der Waals surface area contributed by atoms with Crippen LogP contribution in [-0.4, -0.2) is 5.71 Å². The Morgan fingerprint density at radius 3 is 2.48 bits per heavy atom. The maximum Gasteiger partial charge on any atom is 0.0832 e. The highest BCUT2D eigenvalue weighted by molar-refractivity contribution is 7.12. The molecule has 0 bridgehead atoms. The summed E-state index contributed by atoms with van der Waals surface area (Å²) in [6, 6.07) is 22.8. The molecular weight excluding hydrogens is 324 g/mol. The second-order valence-electron chi connectivity index (χ2n) is 5.45. The molecule has 2 nitrogen and oxygen atoms in total. The van der Waals surface area contributed by atoms with E-state index in [4.69, 9.17) is 16.7 Å². The first kappa shape index (κ1) is 14.5. The Morgan fingerprint density at radius 2 is 1.74 bits per heavy atom. The number of thiophene rings is 1. The van der Waals surface area contributed by atoms with Crippen LogP contribution in [0.2, 0.25) is 5.02 Å². The summed E-state index contributed by atoms with van der Waals surface area (Å²) in [7, 11) is 0. The van der Waals surface area contributed by atoms with Crippen molar-refractivity contribution in [3.05, 3.63) is 87.6 Å². The van der Waals surface area contributed by atoms with Crippen LogP contribution in [0.1, 0.15) is 22.9 Å². The van der Waals surface area contributed by atoms with E-state index in [-0.39, 0.29) is 6.04 Å². The Hall–Kier alpha value is -2.10. The fourth-order valence-electron chi connectivity index (χ4n) is 2.90. The number of anilines is 1. The smallest absolute Gasteiger partial charge is 0.0832 e. The number of hydrogen-bond acceptors (Lipinski definition) is 3. The van der Waals surface area contributed by atoms with Gasteiger partial charge in [0.25, 0.3) is 0 Å². The maximum atomic E-state index is 6.42. The molecule has 1 unspecified atom stereocenters. The van der Waals surface area contributed by atoms with E-state index in [0.717, 1.165) is 22.8 Å². The van der Waals surface area contributed by atoms with Gasteiger partial charge in [-0.2, -0.15) is 5.10 Å². The molecule has 2 aromatic carbocycles. The third-order valence-electron chi connectivity index (χ3n) is 4.00. The molecule has 1 aliphatic heterocycles. The summed E-state index contributed by atoms with van der Waals surface area (Å²) >= 11 is 8.15. The van der Waals surface area contributed by atoms with Gasteiger partial charge in [0, 0.05) is 6.42 Å². The van der Waals surface area contributed by atoms with Gasteiger partial charge < -0.3 is 0 Å². The first-order valence-corrected chi connectivity index (χ1v) is 8.79. The van der Waals surface area contributed by atoms with Crippen LogP contribution >= 0.6 is 22.9 Å². The van der Waals surface area contributed by atoms with Crippen molar-refractivity contribution in [1.82, 2.24) is 0 Å². The summed E-state index contributed by atoms with van der Waals surface area (Å²) in [6.07, 6.45) is 0.885. The minimum Gasteiger partial charge on any atom is -0.256 e. The van der Waals surface area contributed by atoms with Crippen molar-refractivity contribution in [1.29, 1.82) is 0 Å². The first-order chi connectivity index (χ1) is 11.3. The molecule has 3 aromatic rings. The van der Waals surface area contributed by atoms with E-state index in [2.05, 4.69) is 46.8 Å². The number of para-hydroxylation sites is 1. The van der Waals surface area contributed by atoms with Crippen LogP contribution in [0.25, 0.3) is 0 Å². The predicted molar refractivity (Wildman–Crippen MR) is 98.6 cm³/mol. The summed E-state index contributed by atoms with van der Waals surface area (Å²) in [5.41, 5.74) is 3.33. The van der Waals surface area contributed by atoms with Gasteiger partial charge in [-0.05, 0) is 29.1 Å². The predicted octanol–water partition coefficient (Wildman–Crippen LogP) is 5.76. The molecule has 0 N–H and O–H groups in total. The van der Waals surface area contributed by atoms with Gasteiger partial charge in [-0.1, -0.05) is 60.1 Å². The number of benzene rings is 2. The molecule has 1 atom stereocenters. The van der Waals surface area contributed by atoms with Crippen molar-refractivity contribution in [3.8, 4) is 0 Å². The van der Waals surface area contributed by atoms with E-state index >= 15 is 0 Å². The standard InChI is InChI=1S/C19H15ClN2S/c20-15-9-4-5-10-17(15)22-18(14-7-2-1-3-8-14)13-16(21-22)19-11-6-12-23-19/h1-12,18H,13H2. The van der Waals surface area contributed by atoms with Crippen molar-refractivity contribution in [2.24, 2.45) is 5.10 Å². The Kier molecular flexibility index (Phi) is 3.90. The lowest BCUT2D eigenvalue weighted by atomic mass is 10.0. The molecule has 114 valence electrons. The van der Waals surface area contributed by atoms with E-state index in [1.807, 2.05) is 30.3 Å². The average molecular weight is 339 g/mol. The van der Waals surface area contributed by atoms with Crippen molar-refractivity contribution in [3.63, 3.8) is 0 Å². The minimum atomic E-state index is 0.174. The normalized spacial score (nSPS) is 17.3. The summed E-state index contributed by atoms with van der Waals surface area (Å²) < 4.78 is 0. The van der Waals surface area contributed by atoms with Crippen LogP contribution in [0.15, 0.2) is 77.2 Å². The van der Waals surface area contributed by atoms with Crippen LogP contribution in [0.5, 0.6) is 0 Å². The molecule has 0 fully saturated rings. The van der Waals surface area contributed by atoms with Crippen molar-refractivity contribution in [2.45, 2.75) is 12.5 Å². The highest BCUT2D eigenvalue weighted by Crippen LogP contribution is 2.39. The SMILES string of the molecule is Clc1ccccc1N1N=C(c2cccs2)CC1c1ccccc1. The topological polar surface area (TPSA) is 15.6 Å². The third kappa shape index (κ3) is 2.78. The maximum absolute atomic E-state index is 6.42. The van der Waals surface area contributed by atoms with Gasteiger partial charge in [0.05, 0.1) is 27.3 Å². The zero-order valence-electron chi connectivity index (χ0n) is 12.4. The Morgan fingerprint density at radius 1 is 0.957 bits per heavy atom. The highest BCUT2D eigenvalue weighted by atomic mass is 35.5. The summed E-state index contributed by atoms with van der Waals surface area (Å²) in [5.74, 6) is 0. The molecule has 4 rings (SSSR count). The van der Waals surface area contributed by atoms with Gasteiger partial charge in [0.2, 0.25) is 0 Å². The molecule has 2 heterocycles. The Bertz CT molecular complexity index is 828. The Balaban J connectivity index is 1.79. The molecule has 1 aliphatic rings. The van der Waals surface area contributed by atoms with E-state index in [9.17, 15) is 0 Å². The molecule has 0 saturated heterocycles. The molecule has 0 radical (unpaired) electrons. The van der Waals surface area contributed by atoms with E-state index in [1.54, 1.807) is 11.3 Å². The number of hydrazone groups is 1. The molecule has 0 saturated carbocycles. The van der Waals surface area contributed by atoms with Gasteiger partial charge in [0.1, 0.15) is 0 Å². The number of nitrogens with zero attached hydrogens (tertiary/aromatic N) is 2. The molecule has 0 spiro atoms. The number of halogens is 1. The lowest BCUT2D eigenvalue weighted by Crippen LogP contribution is -2.18. The van der Waals surface area contributed by atoms with Gasteiger partial charge in [-0.3, -0.25) is 5.01 Å². The van der Waals surface area contributed by atoms with Crippen LogP contribution in [-0.2, 0) is 0 Å². The van der Waals surface area contributed by atoms with E-state index in [1.165, 1.54) is 10.4 Å². The first-order valence-electron chi connectivity index (χ1n) is 7.53. The van der Waals surface area contributed by atoms with Crippen molar-refractivity contribution >= 4 is 34.3 Å². The summed E-state index contributed by atoms with van der Waals surface area (Å²) in [5, 5.41) is 9.77. The second-order valence-corrected chi connectivity index (χ2v) is 6.81. The van der Waals surface area contributed by atoms with Crippen LogP contribution < -0.4 is 5.01 Å². The third-order valence-corrected chi connectivity index (χ3v) is 5.24. The zero-order valence-corrected chi connectivity index (χ0v) is 14.0. The lowest BCUT2D eigenvalue weighted by Gasteiger charge is -2.24. The van der Waals surface area contributed by atoms with Gasteiger partial charge in [-0.25, -0.2) is 0 Å². The van der Waals surface area contributed by atoms with E-state index in [0.29, 0.717) is 0 Å². The zero-order chi connectivity index (χ0) is 15.6. The number of rotatable bonds is 3. The quantitative estimate of drug-likeness (QED) is 0.593. The van der Waals surface area contributed by atoms with Crippen molar-refractivity contribution in [2.75, 3.05) is 5.01 Å². The van der Waals surface area contributed by atoms with Gasteiger partial charge in [-0.15, -0.1) is 11.3 Å². The fourth-order valence-corrected chi connectivity index (χ4v) is 3.84. The molecule has 23 heavy (non-hydrogen) atoms. The van der Waals surface area contributed by atoms with E-state index < -0.39 is 0 Å². The average Bonchev–Trinajstić information content (AvgIpc) is 3.26.